The predicted molar refractivity (Wildman–Crippen MR) is 273 cm³/mol. The second-order valence-corrected chi connectivity index (χ2v) is 21.1. The molecule has 9 aromatic carbocycles. The van der Waals surface area contributed by atoms with E-state index in [1.165, 1.54) is 118 Å². The molecule has 1 nitrogen and oxygen atoms in total. The minimum absolute atomic E-state index is 0.0165. The van der Waals surface area contributed by atoms with Crippen molar-refractivity contribution in [3.63, 3.8) is 0 Å². The Hall–Kier alpha value is -6.96. The molecule has 65 heavy (non-hydrogen) atoms. The largest absolute Gasteiger partial charge is 0.310 e. The summed E-state index contributed by atoms with van der Waals surface area (Å²) in [5, 5.41) is 2.47. The number of benzene rings is 9. The molecule has 4 aliphatic rings. The molecule has 0 aliphatic heterocycles. The highest BCUT2D eigenvalue weighted by molar-refractivity contribution is 6.02. The highest BCUT2D eigenvalue weighted by Crippen LogP contribution is 2.65. The summed E-state index contributed by atoms with van der Waals surface area (Å²) in [5.74, 6) is 0. The van der Waals surface area contributed by atoms with Crippen molar-refractivity contribution in [1.29, 1.82) is 0 Å². The SMILES string of the molecule is CC1(C)CCC(C)(C)c2c(-c3cc4c(cc3N(c3ccc5c(c3)C(C)(C)c3ccccc3-5)c3ccc5ccccc5c3)C3(c5ccccc5-c5ccccc53)c3ccccc3-4)cccc21. The van der Waals surface area contributed by atoms with Crippen LogP contribution in [0.2, 0.25) is 0 Å². The van der Waals surface area contributed by atoms with Crippen molar-refractivity contribution in [2.45, 2.75) is 76.0 Å². The summed E-state index contributed by atoms with van der Waals surface area (Å²) in [4.78, 5) is 2.62. The van der Waals surface area contributed by atoms with Gasteiger partial charge in [0.15, 0.2) is 0 Å². The number of hydrogen-bond donors (Lipinski definition) is 0. The van der Waals surface area contributed by atoms with Gasteiger partial charge in [0, 0.05) is 22.4 Å². The Morgan fingerprint density at radius 2 is 0.815 bits per heavy atom. The van der Waals surface area contributed by atoms with Crippen molar-refractivity contribution >= 4 is 27.8 Å². The van der Waals surface area contributed by atoms with Gasteiger partial charge in [0.2, 0.25) is 0 Å². The lowest BCUT2D eigenvalue weighted by molar-refractivity contribution is 0.333. The van der Waals surface area contributed by atoms with E-state index in [0.29, 0.717) is 0 Å². The fourth-order valence-electron chi connectivity index (χ4n) is 13.1. The number of rotatable bonds is 4. The summed E-state index contributed by atoms with van der Waals surface area (Å²) < 4.78 is 0. The highest BCUT2D eigenvalue weighted by Gasteiger charge is 2.52. The molecule has 9 aromatic rings. The molecule has 0 heterocycles. The van der Waals surface area contributed by atoms with Crippen LogP contribution in [0, 0.1) is 0 Å². The molecule has 0 aromatic heterocycles. The van der Waals surface area contributed by atoms with Gasteiger partial charge >= 0.3 is 0 Å². The monoisotopic (exact) mass is 835 g/mol. The van der Waals surface area contributed by atoms with Crippen LogP contribution in [0.3, 0.4) is 0 Å². The third-order valence-corrected chi connectivity index (χ3v) is 16.3. The third-order valence-electron chi connectivity index (χ3n) is 16.3. The predicted octanol–water partition coefficient (Wildman–Crippen LogP) is 17.0. The first-order chi connectivity index (χ1) is 31.5. The van der Waals surface area contributed by atoms with Crippen LogP contribution in [-0.2, 0) is 21.7 Å². The summed E-state index contributed by atoms with van der Waals surface area (Å²) in [6, 6.07) is 72.3. The van der Waals surface area contributed by atoms with E-state index in [9.17, 15) is 0 Å². The van der Waals surface area contributed by atoms with Gasteiger partial charge in [0.05, 0.1) is 11.1 Å². The zero-order chi connectivity index (χ0) is 44.0. The fraction of sp³-hybridized carbons (Fsp3) is 0.188. The molecule has 0 saturated carbocycles. The van der Waals surface area contributed by atoms with E-state index in [4.69, 9.17) is 0 Å². The molecule has 0 N–H and O–H groups in total. The van der Waals surface area contributed by atoms with Gasteiger partial charge in [-0.15, -0.1) is 0 Å². The van der Waals surface area contributed by atoms with E-state index in [0.717, 1.165) is 12.1 Å². The van der Waals surface area contributed by atoms with Crippen LogP contribution in [0.4, 0.5) is 17.1 Å². The molecule has 0 atom stereocenters. The van der Waals surface area contributed by atoms with Crippen molar-refractivity contribution in [3.05, 3.63) is 233 Å². The first-order valence-corrected chi connectivity index (χ1v) is 23.6. The van der Waals surface area contributed by atoms with Gasteiger partial charge in [-0.05, 0) is 154 Å². The molecule has 4 aliphatic carbocycles. The lowest BCUT2D eigenvalue weighted by atomic mass is 9.61. The number of anilines is 3. The second kappa shape index (κ2) is 13.3. The zero-order valence-electron chi connectivity index (χ0n) is 38.3. The van der Waals surface area contributed by atoms with Crippen LogP contribution >= 0.6 is 0 Å². The molecular weight excluding hydrogens is 783 g/mol. The van der Waals surface area contributed by atoms with Crippen molar-refractivity contribution < 1.29 is 0 Å². The Kier molecular flexibility index (Phi) is 7.88. The van der Waals surface area contributed by atoms with Gasteiger partial charge in [0.25, 0.3) is 0 Å². The van der Waals surface area contributed by atoms with E-state index in [1.54, 1.807) is 0 Å². The fourth-order valence-corrected chi connectivity index (χ4v) is 13.1. The molecule has 0 bridgehead atoms. The molecule has 1 heteroatoms. The molecule has 0 fully saturated rings. The standard InChI is InChI=1S/C64H53N/c1-61(2)34-35-62(3,4)60-49(24-17-29-56(60)61)51-38-50-47-23-12-16-28-55(47)64(53-26-14-10-21-45(53)46-22-11-15-27-54(46)64)58(50)39-59(51)65(42-31-30-40-18-7-8-19-41(40)36-42)43-32-33-48-44-20-9-13-25-52(44)63(5,6)57(48)37-43/h7-33,36-39H,34-35H2,1-6H3. The minimum atomic E-state index is -0.486. The summed E-state index contributed by atoms with van der Waals surface area (Å²) >= 11 is 0. The number of hydrogen-bond acceptors (Lipinski definition) is 1. The van der Waals surface area contributed by atoms with Crippen molar-refractivity contribution in [2.24, 2.45) is 0 Å². The lowest BCUT2D eigenvalue weighted by Gasteiger charge is -2.43. The lowest BCUT2D eigenvalue weighted by Crippen LogP contribution is -2.34. The van der Waals surface area contributed by atoms with E-state index >= 15 is 0 Å². The Labute approximate surface area is 384 Å². The summed E-state index contributed by atoms with van der Waals surface area (Å²) in [7, 11) is 0. The first-order valence-electron chi connectivity index (χ1n) is 23.6. The molecule has 0 unspecified atom stereocenters. The molecule has 0 saturated heterocycles. The van der Waals surface area contributed by atoms with Crippen LogP contribution in [0.15, 0.2) is 188 Å². The smallest absolute Gasteiger partial charge is 0.0726 e. The topological polar surface area (TPSA) is 3.24 Å². The van der Waals surface area contributed by atoms with E-state index in [1.807, 2.05) is 0 Å². The van der Waals surface area contributed by atoms with Crippen molar-refractivity contribution in [3.8, 4) is 44.5 Å². The van der Waals surface area contributed by atoms with Gasteiger partial charge < -0.3 is 4.90 Å². The second-order valence-electron chi connectivity index (χ2n) is 21.1. The van der Waals surface area contributed by atoms with E-state index in [-0.39, 0.29) is 16.2 Å². The Bertz CT molecular complexity index is 3440. The van der Waals surface area contributed by atoms with Crippen LogP contribution in [0.1, 0.15) is 98.9 Å². The summed E-state index contributed by atoms with van der Waals surface area (Å²) in [6.45, 7) is 14.7. The molecule has 13 rings (SSSR count). The van der Waals surface area contributed by atoms with Gasteiger partial charge in [-0.1, -0.05) is 193 Å². The molecule has 0 amide bonds. The highest BCUT2D eigenvalue weighted by atomic mass is 15.1. The maximum absolute atomic E-state index is 2.63. The van der Waals surface area contributed by atoms with Crippen LogP contribution in [0.5, 0.6) is 0 Å². The Morgan fingerprint density at radius 1 is 0.323 bits per heavy atom. The van der Waals surface area contributed by atoms with Crippen molar-refractivity contribution in [2.75, 3.05) is 4.90 Å². The third kappa shape index (κ3) is 5.16. The van der Waals surface area contributed by atoms with Crippen LogP contribution in [-0.4, -0.2) is 0 Å². The maximum atomic E-state index is 2.63. The molecule has 0 radical (unpaired) electrons. The van der Waals surface area contributed by atoms with E-state index in [2.05, 4.69) is 234 Å². The average Bonchev–Trinajstić information content (AvgIpc) is 3.88. The van der Waals surface area contributed by atoms with Gasteiger partial charge in [-0.25, -0.2) is 0 Å². The van der Waals surface area contributed by atoms with Crippen LogP contribution < -0.4 is 4.90 Å². The molecule has 314 valence electrons. The zero-order valence-corrected chi connectivity index (χ0v) is 38.3. The van der Waals surface area contributed by atoms with E-state index < -0.39 is 5.41 Å². The molecule has 1 spiro atoms. The van der Waals surface area contributed by atoms with Gasteiger partial charge in [-0.3, -0.25) is 0 Å². The van der Waals surface area contributed by atoms with Gasteiger partial charge in [-0.2, -0.15) is 0 Å². The van der Waals surface area contributed by atoms with Gasteiger partial charge in [0.1, 0.15) is 0 Å². The summed E-state index contributed by atoms with van der Waals surface area (Å²) in [5.41, 5.74) is 24.6. The Balaban J connectivity index is 1.18. The normalized spacial score (nSPS) is 16.8. The summed E-state index contributed by atoms with van der Waals surface area (Å²) in [6.07, 6.45) is 2.30. The van der Waals surface area contributed by atoms with Crippen LogP contribution in [0.25, 0.3) is 55.3 Å². The first kappa shape index (κ1) is 38.5. The number of fused-ring (bicyclic) bond motifs is 15. The minimum Gasteiger partial charge on any atom is -0.310 e. The number of nitrogens with zero attached hydrogens (tertiary/aromatic N) is 1. The Morgan fingerprint density at radius 3 is 1.49 bits per heavy atom. The average molecular weight is 836 g/mol. The molecular formula is C64H53N. The van der Waals surface area contributed by atoms with Crippen molar-refractivity contribution in [1.82, 2.24) is 0 Å². The maximum Gasteiger partial charge on any atom is 0.0726 e. The quantitative estimate of drug-likeness (QED) is 0.171.